The van der Waals surface area contributed by atoms with E-state index in [9.17, 15) is 0 Å². The van der Waals surface area contributed by atoms with Crippen LogP contribution in [0.15, 0.2) is 85.2 Å². The monoisotopic (exact) mass is 444 g/mol. The smallest absolute Gasteiger partial charge is 0.0720 e. The molecule has 0 amide bonds. The van der Waals surface area contributed by atoms with E-state index in [1.54, 1.807) is 6.20 Å². The standard InChI is InChI=1S/C26H20Cl2N3/c1-16-4-2-3-11-26(16,22-10-13-31-24-15-18(28)6-8-21(22)24)25(29)20-9-12-30-23-14-17(27)5-7-19(20)23/h2-16,25H,1,29H2. The molecule has 3 atom stereocenters. The highest BCUT2D eigenvalue weighted by Crippen LogP contribution is 2.48. The Morgan fingerprint density at radius 3 is 2.23 bits per heavy atom. The Balaban J connectivity index is 1.79. The lowest BCUT2D eigenvalue weighted by atomic mass is 9.62. The zero-order valence-electron chi connectivity index (χ0n) is 16.7. The summed E-state index contributed by atoms with van der Waals surface area (Å²) in [6.07, 6.45) is 11.9. The predicted molar refractivity (Wildman–Crippen MR) is 129 cm³/mol. The molecular formula is C26H20Cl2N3. The molecule has 2 heterocycles. The van der Waals surface area contributed by atoms with Gasteiger partial charge in [0.1, 0.15) is 0 Å². The van der Waals surface area contributed by atoms with Gasteiger partial charge in [-0.1, -0.05) is 59.6 Å². The van der Waals surface area contributed by atoms with Crippen LogP contribution < -0.4 is 5.73 Å². The molecule has 3 unspecified atom stereocenters. The largest absolute Gasteiger partial charge is 0.323 e. The van der Waals surface area contributed by atoms with Crippen LogP contribution in [0.4, 0.5) is 0 Å². The summed E-state index contributed by atoms with van der Waals surface area (Å²) in [4.78, 5) is 9.03. The van der Waals surface area contributed by atoms with Crippen LogP contribution in [-0.4, -0.2) is 9.97 Å². The van der Waals surface area contributed by atoms with Gasteiger partial charge in [0.25, 0.3) is 0 Å². The molecule has 0 saturated heterocycles. The summed E-state index contributed by atoms with van der Waals surface area (Å²) in [6, 6.07) is 15.1. The van der Waals surface area contributed by atoms with Crippen LogP contribution in [0.2, 0.25) is 10.0 Å². The minimum absolute atomic E-state index is 0.0932. The first-order valence-corrected chi connectivity index (χ1v) is 10.8. The average Bonchev–Trinajstić information content (AvgIpc) is 2.78. The minimum Gasteiger partial charge on any atom is -0.323 e. The zero-order valence-corrected chi connectivity index (χ0v) is 18.2. The van der Waals surface area contributed by atoms with Gasteiger partial charge in [0, 0.05) is 44.7 Å². The van der Waals surface area contributed by atoms with Crippen molar-refractivity contribution in [2.75, 3.05) is 0 Å². The Bertz CT molecular complexity index is 1360. The van der Waals surface area contributed by atoms with Crippen LogP contribution in [0.5, 0.6) is 0 Å². The SMILES string of the molecule is [CH2]C1C=CC=CC1(c1ccnc2cc(Cl)ccc12)C(N)c1ccnc2cc(Cl)ccc12. The number of allylic oxidation sites excluding steroid dienone is 3. The van der Waals surface area contributed by atoms with Crippen molar-refractivity contribution in [1.82, 2.24) is 9.97 Å². The van der Waals surface area contributed by atoms with E-state index in [1.807, 2.05) is 66.9 Å². The highest BCUT2D eigenvalue weighted by molar-refractivity contribution is 6.31. The maximum absolute atomic E-state index is 7.12. The highest BCUT2D eigenvalue weighted by Gasteiger charge is 2.43. The molecule has 1 radical (unpaired) electrons. The molecule has 153 valence electrons. The van der Waals surface area contributed by atoms with Crippen molar-refractivity contribution < 1.29 is 0 Å². The fourth-order valence-corrected chi connectivity index (χ4v) is 4.99. The van der Waals surface area contributed by atoms with Crippen molar-refractivity contribution >= 4 is 45.0 Å². The van der Waals surface area contributed by atoms with Crippen LogP contribution >= 0.6 is 23.2 Å². The van der Waals surface area contributed by atoms with E-state index in [-0.39, 0.29) is 12.0 Å². The van der Waals surface area contributed by atoms with E-state index in [2.05, 4.69) is 29.0 Å². The number of benzene rings is 2. The maximum atomic E-state index is 7.12. The maximum Gasteiger partial charge on any atom is 0.0720 e. The van der Waals surface area contributed by atoms with Gasteiger partial charge in [0.05, 0.1) is 11.0 Å². The summed E-state index contributed by atoms with van der Waals surface area (Å²) in [6.45, 7) is 4.49. The molecule has 4 aromatic rings. The number of nitrogens with two attached hydrogens (primary N) is 1. The summed E-state index contributed by atoms with van der Waals surface area (Å²) in [5.41, 5.74) is 10.2. The van der Waals surface area contributed by atoms with Gasteiger partial charge in [-0.25, -0.2) is 0 Å². The van der Waals surface area contributed by atoms with Crippen molar-refractivity contribution in [3.63, 3.8) is 0 Å². The normalized spacial score (nSPS) is 21.6. The quantitative estimate of drug-likeness (QED) is 0.386. The number of rotatable bonds is 3. The Morgan fingerprint density at radius 2 is 1.52 bits per heavy atom. The lowest BCUT2D eigenvalue weighted by molar-refractivity contribution is 0.372. The molecule has 2 aromatic carbocycles. The number of nitrogens with zero attached hydrogens (tertiary/aromatic N) is 2. The molecule has 5 heteroatoms. The Labute approximate surface area is 191 Å². The Hall–Kier alpha value is -2.72. The zero-order chi connectivity index (χ0) is 21.6. The van der Waals surface area contributed by atoms with Crippen LogP contribution in [0, 0.1) is 12.8 Å². The molecule has 0 bridgehead atoms. The topological polar surface area (TPSA) is 51.8 Å². The van der Waals surface area contributed by atoms with E-state index in [1.165, 1.54) is 0 Å². The van der Waals surface area contributed by atoms with Crippen LogP contribution in [0.1, 0.15) is 17.2 Å². The van der Waals surface area contributed by atoms with E-state index in [4.69, 9.17) is 28.9 Å². The lowest BCUT2D eigenvalue weighted by Gasteiger charge is -2.43. The average molecular weight is 445 g/mol. The molecular weight excluding hydrogens is 425 g/mol. The summed E-state index contributed by atoms with van der Waals surface area (Å²) < 4.78 is 0. The third-order valence-electron chi connectivity index (χ3n) is 6.20. The van der Waals surface area contributed by atoms with Gasteiger partial charge in [-0.2, -0.15) is 0 Å². The minimum atomic E-state index is -0.586. The molecule has 2 N–H and O–H groups in total. The number of hydrogen-bond donors (Lipinski definition) is 1. The highest BCUT2D eigenvalue weighted by atomic mass is 35.5. The molecule has 5 rings (SSSR count). The molecule has 3 nitrogen and oxygen atoms in total. The van der Waals surface area contributed by atoms with E-state index < -0.39 is 5.41 Å². The second-order valence-corrected chi connectivity index (χ2v) is 8.72. The third kappa shape index (κ3) is 3.25. The number of halogens is 2. The van der Waals surface area contributed by atoms with Gasteiger partial charge in [-0.3, -0.25) is 9.97 Å². The third-order valence-corrected chi connectivity index (χ3v) is 6.67. The second-order valence-electron chi connectivity index (χ2n) is 7.84. The molecule has 1 aliphatic carbocycles. The molecule has 0 aliphatic heterocycles. The molecule has 31 heavy (non-hydrogen) atoms. The lowest BCUT2D eigenvalue weighted by Crippen LogP contribution is -2.43. The van der Waals surface area contributed by atoms with Crippen molar-refractivity contribution in [2.24, 2.45) is 11.7 Å². The fraction of sp³-hybridized carbons (Fsp3) is 0.115. The molecule has 0 saturated carbocycles. The first-order valence-electron chi connectivity index (χ1n) is 10.0. The number of hydrogen-bond acceptors (Lipinski definition) is 3. The van der Waals surface area contributed by atoms with Crippen molar-refractivity contribution in [3.8, 4) is 0 Å². The van der Waals surface area contributed by atoms with E-state index in [0.717, 1.165) is 32.9 Å². The van der Waals surface area contributed by atoms with Crippen LogP contribution in [0.25, 0.3) is 21.8 Å². The summed E-state index contributed by atoms with van der Waals surface area (Å²) in [5.74, 6) is -0.0932. The van der Waals surface area contributed by atoms with Gasteiger partial charge in [0.15, 0.2) is 0 Å². The molecule has 0 fully saturated rings. The summed E-state index contributed by atoms with van der Waals surface area (Å²) in [7, 11) is 0. The first-order chi connectivity index (χ1) is 15.0. The van der Waals surface area contributed by atoms with Gasteiger partial charge in [-0.15, -0.1) is 0 Å². The van der Waals surface area contributed by atoms with Crippen molar-refractivity contribution in [2.45, 2.75) is 11.5 Å². The first kappa shape index (κ1) is 20.2. The van der Waals surface area contributed by atoms with Crippen LogP contribution in [0.3, 0.4) is 0 Å². The predicted octanol–water partition coefficient (Wildman–Crippen LogP) is 6.60. The van der Waals surface area contributed by atoms with E-state index >= 15 is 0 Å². The Kier molecular flexibility index (Phi) is 5.05. The van der Waals surface area contributed by atoms with Gasteiger partial charge in [0.2, 0.25) is 0 Å². The van der Waals surface area contributed by atoms with E-state index in [0.29, 0.717) is 10.0 Å². The molecule has 1 aliphatic rings. The van der Waals surface area contributed by atoms with Gasteiger partial charge >= 0.3 is 0 Å². The number of aromatic nitrogens is 2. The summed E-state index contributed by atoms with van der Waals surface area (Å²) in [5, 5.41) is 3.29. The van der Waals surface area contributed by atoms with Gasteiger partial charge < -0.3 is 5.73 Å². The van der Waals surface area contributed by atoms with Crippen LogP contribution in [-0.2, 0) is 5.41 Å². The van der Waals surface area contributed by atoms with Crippen molar-refractivity contribution in [1.29, 1.82) is 0 Å². The molecule has 0 spiro atoms. The number of pyridine rings is 2. The van der Waals surface area contributed by atoms with Crippen molar-refractivity contribution in [3.05, 3.63) is 113 Å². The number of fused-ring (bicyclic) bond motifs is 2. The van der Waals surface area contributed by atoms with Gasteiger partial charge in [-0.05, 0) is 60.4 Å². The molecule has 2 aromatic heterocycles. The Morgan fingerprint density at radius 1 is 0.871 bits per heavy atom. The summed E-state index contributed by atoms with van der Waals surface area (Å²) >= 11 is 12.4. The fourth-order valence-electron chi connectivity index (χ4n) is 4.66. The second kappa shape index (κ2) is 7.76.